The lowest BCUT2D eigenvalue weighted by atomic mass is 9.73. The predicted molar refractivity (Wildman–Crippen MR) is 65.8 cm³/mol. The van der Waals surface area contributed by atoms with Crippen LogP contribution in [-0.2, 0) is 10.3 Å². The van der Waals surface area contributed by atoms with E-state index in [4.69, 9.17) is 0 Å². The molecule has 0 aliphatic carbocycles. The molecule has 0 aromatic heterocycles. The van der Waals surface area contributed by atoms with Crippen LogP contribution in [0.3, 0.4) is 0 Å². The number of aldehydes is 1. The van der Waals surface area contributed by atoms with Gasteiger partial charge in [0.1, 0.15) is 23.3 Å². The summed E-state index contributed by atoms with van der Waals surface area (Å²) in [6.45, 7) is 2.02. The molecule has 1 aliphatic heterocycles. The number of rotatable bonds is 2. The lowest BCUT2D eigenvalue weighted by Crippen LogP contribution is -2.69. The summed E-state index contributed by atoms with van der Waals surface area (Å²) in [5.41, 5.74) is -4.82. The second-order valence-corrected chi connectivity index (χ2v) is 5.52. The average Bonchev–Trinajstić information content (AvgIpc) is 2.33. The van der Waals surface area contributed by atoms with Crippen molar-refractivity contribution in [3.8, 4) is 0 Å². The van der Waals surface area contributed by atoms with Crippen LogP contribution in [0.15, 0.2) is 24.3 Å². The summed E-state index contributed by atoms with van der Waals surface area (Å²) in [6, 6.07) is 3.63. The minimum Gasteiger partial charge on any atom is -0.302 e. The maximum Gasteiger partial charge on any atom is 0.272 e. The summed E-state index contributed by atoms with van der Waals surface area (Å²) in [4.78, 5) is 10.9. The fourth-order valence-electron chi connectivity index (χ4n) is 2.61. The third-order valence-corrected chi connectivity index (χ3v) is 3.94. The molecule has 1 fully saturated rings. The van der Waals surface area contributed by atoms with Crippen molar-refractivity contribution >= 4 is 6.29 Å². The largest absolute Gasteiger partial charge is 0.302 e. The number of alkyl halides is 3. The highest BCUT2D eigenvalue weighted by Crippen LogP contribution is 2.48. The van der Waals surface area contributed by atoms with Gasteiger partial charge in [-0.05, 0) is 19.9 Å². The van der Waals surface area contributed by atoms with Crippen LogP contribution < -0.4 is 5.32 Å². The lowest BCUT2D eigenvalue weighted by molar-refractivity contribution is -0.167. The van der Waals surface area contributed by atoms with Crippen LogP contribution in [-0.4, -0.2) is 23.9 Å². The number of halogens is 4. The van der Waals surface area contributed by atoms with E-state index < -0.39 is 35.4 Å². The van der Waals surface area contributed by atoms with Gasteiger partial charge in [0.25, 0.3) is 5.92 Å². The topological polar surface area (TPSA) is 29.1 Å². The van der Waals surface area contributed by atoms with Crippen molar-refractivity contribution in [1.82, 2.24) is 5.32 Å². The van der Waals surface area contributed by atoms with Crippen LogP contribution in [0.4, 0.5) is 17.6 Å². The molecular formula is C14H15F4NO. The maximum absolute atomic E-state index is 14.3. The SMILES string of the molecule is CC1(F)CC(F)(F)[C@@](C)(c2ccccc2F)NC1C=O. The highest BCUT2D eigenvalue weighted by Gasteiger charge is 2.62. The quantitative estimate of drug-likeness (QED) is 0.670. The van der Waals surface area contributed by atoms with E-state index in [0.717, 1.165) is 19.9 Å². The smallest absolute Gasteiger partial charge is 0.272 e. The Bertz CT molecular complexity index is 532. The minimum absolute atomic E-state index is 0.244. The Morgan fingerprint density at radius 3 is 2.40 bits per heavy atom. The third-order valence-electron chi connectivity index (χ3n) is 3.94. The van der Waals surface area contributed by atoms with Crippen molar-refractivity contribution in [3.05, 3.63) is 35.6 Å². The molecule has 20 heavy (non-hydrogen) atoms. The second kappa shape index (κ2) is 4.55. The van der Waals surface area contributed by atoms with Crippen molar-refractivity contribution in [2.45, 2.75) is 43.4 Å². The first-order valence-electron chi connectivity index (χ1n) is 6.19. The second-order valence-electron chi connectivity index (χ2n) is 5.52. The van der Waals surface area contributed by atoms with Crippen LogP contribution in [0.25, 0.3) is 0 Å². The van der Waals surface area contributed by atoms with Crippen LogP contribution in [0.5, 0.6) is 0 Å². The van der Waals surface area contributed by atoms with E-state index in [2.05, 4.69) is 5.32 Å². The van der Waals surface area contributed by atoms with Gasteiger partial charge in [-0.2, -0.15) is 0 Å². The van der Waals surface area contributed by atoms with E-state index in [1.165, 1.54) is 18.2 Å². The molecule has 1 aromatic rings. The monoisotopic (exact) mass is 289 g/mol. The van der Waals surface area contributed by atoms with Gasteiger partial charge in [-0.25, -0.2) is 17.6 Å². The van der Waals surface area contributed by atoms with Gasteiger partial charge in [0.05, 0.1) is 6.04 Å². The van der Waals surface area contributed by atoms with Crippen molar-refractivity contribution in [2.24, 2.45) is 0 Å². The highest BCUT2D eigenvalue weighted by molar-refractivity contribution is 5.61. The zero-order chi connectivity index (χ0) is 15.2. The van der Waals surface area contributed by atoms with E-state index in [0.29, 0.717) is 0 Å². The van der Waals surface area contributed by atoms with Gasteiger partial charge in [0, 0.05) is 12.0 Å². The molecule has 2 nitrogen and oxygen atoms in total. The molecule has 0 amide bonds. The van der Waals surface area contributed by atoms with Gasteiger partial charge in [-0.1, -0.05) is 18.2 Å². The molecule has 0 spiro atoms. The molecule has 1 saturated heterocycles. The van der Waals surface area contributed by atoms with Crippen LogP contribution >= 0.6 is 0 Å². The standard InChI is InChI=1S/C14H15F4NO/c1-12(16)8-14(17,18)13(2,19-11(12)7-20)9-5-3-4-6-10(9)15/h3-7,11,19H,8H2,1-2H3/t11?,12?,13-/m1/s1. The van der Waals surface area contributed by atoms with Crippen LogP contribution in [0.2, 0.25) is 0 Å². The van der Waals surface area contributed by atoms with Crippen molar-refractivity contribution in [1.29, 1.82) is 0 Å². The molecular weight excluding hydrogens is 274 g/mol. The summed E-state index contributed by atoms with van der Waals surface area (Å²) in [6.07, 6.45) is -0.907. The molecule has 1 heterocycles. The molecule has 2 unspecified atom stereocenters. The van der Waals surface area contributed by atoms with Crippen molar-refractivity contribution in [3.63, 3.8) is 0 Å². The Kier molecular flexibility index (Phi) is 3.40. The molecule has 2 rings (SSSR count). The van der Waals surface area contributed by atoms with E-state index in [9.17, 15) is 22.4 Å². The van der Waals surface area contributed by atoms with Gasteiger partial charge < -0.3 is 4.79 Å². The summed E-state index contributed by atoms with van der Waals surface area (Å²) >= 11 is 0. The number of carbonyl (C=O) groups is 1. The molecule has 0 bridgehead atoms. The Balaban J connectivity index is 2.54. The third kappa shape index (κ3) is 2.12. The van der Waals surface area contributed by atoms with Gasteiger partial charge in [-0.3, -0.25) is 5.32 Å². The Morgan fingerprint density at radius 1 is 1.25 bits per heavy atom. The first-order valence-corrected chi connectivity index (χ1v) is 6.19. The number of hydrogen-bond acceptors (Lipinski definition) is 2. The fraction of sp³-hybridized carbons (Fsp3) is 0.500. The molecule has 0 saturated carbocycles. The van der Waals surface area contributed by atoms with Crippen molar-refractivity contribution < 1.29 is 22.4 Å². The summed E-state index contributed by atoms with van der Waals surface area (Å²) < 4.78 is 56.6. The molecule has 1 aliphatic rings. The average molecular weight is 289 g/mol. The van der Waals surface area contributed by atoms with Gasteiger partial charge in [0.15, 0.2) is 0 Å². The fourth-order valence-corrected chi connectivity index (χ4v) is 2.61. The number of piperidine rings is 1. The molecule has 1 aromatic carbocycles. The number of carbonyl (C=O) groups excluding carboxylic acids is 1. The van der Waals surface area contributed by atoms with E-state index in [1.807, 2.05) is 0 Å². The predicted octanol–water partition coefficient (Wildman–Crippen LogP) is 2.97. The summed E-state index contributed by atoms with van der Waals surface area (Å²) in [5, 5.41) is 2.28. The normalized spacial score (nSPS) is 36.6. The van der Waals surface area contributed by atoms with E-state index in [-0.39, 0.29) is 11.8 Å². The summed E-state index contributed by atoms with van der Waals surface area (Å²) in [7, 11) is 0. The first-order chi connectivity index (χ1) is 9.14. The Morgan fingerprint density at radius 2 is 1.85 bits per heavy atom. The number of hydrogen-bond donors (Lipinski definition) is 1. The first kappa shape index (κ1) is 15.0. The van der Waals surface area contributed by atoms with Crippen molar-refractivity contribution in [2.75, 3.05) is 0 Å². The zero-order valence-electron chi connectivity index (χ0n) is 11.1. The Hall–Kier alpha value is -1.43. The number of nitrogens with one attached hydrogen (secondary N) is 1. The maximum atomic E-state index is 14.3. The molecule has 6 heteroatoms. The van der Waals surface area contributed by atoms with Crippen LogP contribution in [0, 0.1) is 5.82 Å². The van der Waals surface area contributed by atoms with Gasteiger partial charge in [0.2, 0.25) is 0 Å². The highest BCUT2D eigenvalue weighted by atomic mass is 19.3. The van der Waals surface area contributed by atoms with Crippen LogP contribution in [0.1, 0.15) is 25.8 Å². The van der Waals surface area contributed by atoms with Gasteiger partial charge >= 0.3 is 0 Å². The zero-order valence-corrected chi connectivity index (χ0v) is 11.1. The van der Waals surface area contributed by atoms with Gasteiger partial charge in [-0.15, -0.1) is 0 Å². The van der Waals surface area contributed by atoms with E-state index >= 15 is 0 Å². The minimum atomic E-state index is -3.54. The Labute approximate surface area is 114 Å². The number of benzene rings is 1. The summed E-state index contributed by atoms with van der Waals surface area (Å²) in [5.74, 6) is -4.37. The molecule has 1 N–H and O–H groups in total. The molecule has 3 atom stereocenters. The molecule has 110 valence electrons. The van der Waals surface area contributed by atoms with E-state index in [1.54, 1.807) is 0 Å². The lowest BCUT2D eigenvalue weighted by Gasteiger charge is -2.49. The molecule has 0 radical (unpaired) electrons.